The Morgan fingerprint density at radius 2 is 1.81 bits per heavy atom. The highest BCUT2D eigenvalue weighted by atomic mass is 127. The number of nitrogens with zero attached hydrogens (tertiary/aromatic N) is 3. The molecule has 1 aromatic carbocycles. The van der Waals surface area contributed by atoms with Crippen LogP contribution in [0.1, 0.15) is 5.56 Å². The highest BCUT2D eigenvalue weighted by Crippen LogP contribution is 2.23. The van der Waals surface area contributed by atoms with Gasteiger partial charge in [0.15, 0.2) is 7.66 Å². The molecule has 0 spiro atoms. The van der Waals surface area contributed by atoms with Crippen LogP contribution >= 0.6 is 45.2 Å². The predicted molar refractivity (Wildman–Crippen MR) is 78.1 cm³/mol. The Labute approximate surface area is 121 Å². The van der Waals surface area contributed by atoms with E-state index < -0.39 is 0 Å². The Morgan fingerprint density at radius 3 is 2.38 bits per heavy atom. The molecule has 1 heterocycles. The number of halogens is 2. The monoisotopic (exact) mass is 441 g/mol. The van der Waals surface area contributed by atoms with Crippen molar-refractivity contribution in [1.82, 2.24) is 14.8 Å². The third-order valence-corrected chi connectivity index (χ3v) is 3.63. The number of ether oxygens (including phenoxy) is 1. The summed E-state index contributed by atoms with van der Waals surface area (Å²) in [4.78, 5) is 0. The van der Waals surface area contributed by atoms with Gasteiger partial charge in [0.1, 0.15) is 5.75 Å². The Hall–Kier alpha value is -0.380. The maximum atomic E-state index is 5.30. The van der Waals surface area contributed by atoms with E-state index in [1.807, 2.05) is 29.7 Å². The molecule has 0 bridgehead atoms. The van der Waals surface area contributed by atoms with Gasteiger partial charge in [0.05, 0.1) is 12.8 Å². The summed E-state index contributed by atoms with van der Waals surface area (Å²) >= 11 is 4.32. The van der Waals surface area contributed by atoms with Crippen LogP contribution in [0.3, 0.4) is 0 Å². The second kappa shape index (κ2) is 4.86. The lowest BCUT2D eigenvalue weighted by molar-refractivity contribution is 0.411. The van der Waals surface area contributed by atoms with E-state index in [0.717, 1.165) is 24.7 Å². The predicted octanol–water partition coefficient (Wildman–Crippen LogP) is 2.79. The summed E-state index contributed by atoms with van der Waals surface area (Å²) in [5, 5.41) is 8.04. The molecule has 84 valence electrons. The van der Waals surface area contributed by atoms with Gasteiger partial charge in [-0.15, -0.1) is 10.2 Å². The number of methoxy groups -OCH3 is 1. The van der Waals surface area contributed by atoms with E-state index in [1.165, 1.54) is 0 Å². The van der Waals surface area contributed by atoms with Crippen molar-refractivity contribution in [1.29, 1.82) is 0 Å². The molecule has 0 fully saturated rings. The SMILES string of the molecule is COc1cc(-n2c(I)nnc2I)ccc1C. The average Bonchev–Trinajstić information content (AvgIpc) is 2.60. The average molecular weight is 441 g/mol. The van der Waals surface area contributed by atoms with Crippen LogP contribution in [0.25, 0.3) is 5.69 Å². The molecule has 0 saturated heterocycles. The Bertz CT molecular complexity index is 505. The maximum absolute atomic E-state index is 5.30. The molecule has 0 saturated carbocycles. The van der Waals surface area contributed by atoms with Crippen molar-refractivity contribution < 1.29 is 4.74 Å². The van der Waals surface area contributed by atoms with Crippen molar-refractivity contribution in [3.8, 4) is 11.4 Å². The van der Waals surface area contributed by atoms with E-state index in [2.05, 4.69) is 55.4 Å². The molecular weight excluding hydrogens is 432 g/mol. The summed E-state index contributed by atoms with van der Waals surface area (Å²) in [6.45, 7) is 2.02. The number of aromatic nitrogens is 3. The molecule has 0 radical (unpaired) electrons. The van der Waals surface area contributed by atoms with Crippen molar-refractivity contribution in [2.24, 2.45) is 0 Å². The standard InChI is InChI=1S/C10H9I2N3O/c1-6-3-4-7(5-8(6)16-2)15-9(11)13-14-10(15)12/h3-5H,1-2H3. The molecular formula is C10H9I2N3O. The zero-order chi connectivity index (χ0) is 11.7. The molecule has 6 heteroatoms. The van der Waals surface area contributed by atoms with Gasteiger partial charge in [0.2, 0.25) is 0 Å². The third-order valence-electron chi connectivity index (χ3n) is 2.23. The molecule has 0 atom stereocenters. The summed E-state index contributed by atoms with van der Waals surface area (Å²) in [5.41, 5.74) is 2.13. The highest BCUT2D eigenvalue weighted by molar-refractivity contribution is 14.1. The van der Waals surface area contributed by atoms with Gasteiger partial charge in [0, 0.05) is 51.2 Å². The largest absolute Gasteiger partial charge is 0.496 e. The van der Waals surface area contributed by atoms with E-state index in [-0.39, 0.29) is 0 Å². The molecule has 1 aromatic heterocycles. The molecule has 2 rings (SSSR count). The van der Waals surface area contributed by atoms with Crippen LogP contribution in [0.4, 0.5) is 0 Å². The number of aryl methyl sites for hydroxylation is 1. The first-order chi connectivity index (χ1) is 7.63. The minimum Gasteiger partial charge on any atom is -0.496 e. The highest BCUT2D eigenvalue weighted by Gasteiger charge is 2.10. The molecule has 0 aliphatic heterocycles. The van der Waals surface area contributed by atoms with Crippen LogP contribution in [0.5, 0.6) is 5.75 Å². The van der Waals surface area contributed by atoms with Crippen molar-refractivity contribution in [3.05, 3.63) is 31.4 Å². The van der Waals surface area contributed by atoms with Crippen LogP contribution in [-0.2, 0) is 0 Å². The maximum Gasteiger partial charge on any atom is 0.199 e. The van der Waals surface area contributed by atoms with Crippen molar-refractivity contribution in [2.75, 3.05) is 7.11 Å². The van der Waals surface area contributed by atoms with Crippen LogP contribution in [0.15, 0.2) is 18.2 Å². The minimum absolute atomic E-state index is 0.841. The fourth-order valence-electron chi connectivity index (χ4n) is 1.41. The summed E-state index contributed by atoms with van der Waals surface area (Å²) < 4.78 is 8.96. The molecule has 0 aliphatic rings. The van der Waals surface area contributed by atoms with E-state index in [4.69, 9.17) is 4.74 Å². The second-order valence-electron chi connectivity index (χ2n) is 3.23. The summed E-state index contributed by atoms with van der Waals surface area (Å²) in [7, 11) is 1.67. The normalized spacial score (nSPS) is 10.5. The first-order valence-corrected chi connectivity index (χ1v) is 6.70. The molecule has 0 N–H and O–H groups in total. The molecule has 4 nitrogen and oxygen atoms in total. The lowest BCUT2D eigenvalue weighted by Gasteiger charge is -2.09. The van der Waals surface area contributed by atoms with Crippen molar-refractivity contribution in [3.63, 3.8) is 0 Å². The number of hydrogen-bond donors (Lipinski definition) is 0. The van der Waals surface area contributed by atoms with Gasteiger partial charge in [-0.05, 0) is 18.6 Å². The summed E-state index contributed by atoms with van der Waals surface area (Å²) in [5.74, 6) is 0.873. The molecule has 2 aromatic rings. The Balaban J connectivity index is 2.57. The Morgan fingerprint density at radius 1 is 1.19 bits per heavy atom. The second-order valence-corrected chi connectivity index (χ2v) is 5.16. The lowest BCUT2D eigenvalue weighted by Crippen LogP contribution is -2.00. The topological polar surface area (TPSA) is 39.9 Å². The van der Waals surface area contributed by atoms with E-state index >= 15 is 0 Å². The summed E-state index contributed by atoms with van der Waals surface area (Å²) in [6.07, 6.45) is 0. The zero-order valence-corrected chi connectivity index (χ0v) is 13.1. The van der Waals surface area contributed by atoms with Crippen LogP contribution in [0.2, 0.25) is 0 Å². The number of benzene rings is 1. The third kappa shape index (κ3) is 2.17. The molecule has 16 heavy (non-hydrogen) atoms. The quantitative estimate of drug-likeness (QED) is 0.674. The lowest BCUT2D eigenvalue weighted by atomic mass is 10.2. The van der Waals surface area contributed by atoms with Gasteiger partial charge >= 0.3 is 0 Å². The summed E-state index contributed by atoms with van der Waals surface area (Å²) in [6, 6.07) is 6.05. The molecule has 0 aliphatic carbocycles. The fraction of sp³-hybridized carbons (Fsp3) is 0.200. The van der Waals surface area contributed by atoms with Gasteiger partial charge in [-0.3, -0.25) is 4.57 Å². The van der Waals surface area contributed by atoms with E-state index in [0.29, 0.717) is 0 Å². The van der Waals surface area contributed by atoms with Crippen molar-refractivity contribution >= 4 is 45.2 Å². The van der Waals surface area contributed by atoms with Gasteiger partial charge in [0.25, 0.3) is 0 Å². The minimum atomic E-state index is 0.841. The van der Waals surface area contributed by atoms with Crippen LogP contribution in [-0.4, -0.2) is 21.9 Å². The van der Waals surface area contributed by atoms with Gasteiger partial charge in [-0.1, -0.05) is 6.07 Å². The van der Waals surface area contributed by atoms with E-state index in [9.17, 15) is 0 Å². The smallest absolute Gasteiger partial charge is 0.199 e. The van der Waals surface area contributed by atoms with Crippen molar-refractivity contribution in [2.45, 2.75) is 6.92 Å². The number of hydrogen-bond acceptors (Lipinski definition) is 3. The van der Waals surface area contributed by atoms with Crippen LogP contribution in [0, 0.1) is 14.6 Å². The zero-order valence-electron chi connectivity index (χ0n) is 8.74. The first-order valence-electron chi connectivity index (χ1n) is 4.55. The number of rotatable bonds is 2. The first kappa shape index (κ1) is 12.1. The van der Waals surface area contributed by atoms with Crippen LogP contribution < -0.4 is 4.74 Å². The van der Waals surface area contributed by atoms with Gasteiger partial charge in [-0.2, -0.15) is 0 Å². The fourth-order valence-corrected chi connectivity index (χ4v) is 3.10. The van der Waals surface area contributed by atoms with Gasteiger partial charge in [-0.25, -0.2) is 0 Å². The van der Waals surface area contributed by atoms with E-state index in [1.54, 1.807) is 7.11 Å². The molecule has 0 amide bonds. The molecule has 0 unspecified atom stereocenters. The van der Waals surface area contributed by atoms with Gasteiger partial charge < -0.3 is 4.74 Å². The Kier molecular flexibility index (Phi) is 3.67.